The first-order valence-corrected chi connectivity index (χ1v) is 7.55. The highest BCUT2D eigenvalue weighted by atomic mass is 79.9. The number of piperidine rings is 1. The number of hydrogen-bond acceptors (Lipinski definition) is 4. The van der Waals surface area contributed by atoms with Crippen LogP contribution in [0, 0.1) is 0 Å². The Bertz CT molecular complexity index is 355. The van der Waals surface area contributed by atoms with Crippen LogP contribution in [0.5, 0.6) is 0 Å². The highest BCUT2D eigenvalue weighted by molar-refractivity contribution is 9.10. The van der Waals surface area contributed by atoms with E-state index in [-0.39, 0.29) is 0 Å². The topological polar surface area (TPSA) is 41.0 Å². The Morgan fingerprint density at radius 1 is 1.39 bits per heavy atom. The molecule has 1 fully saturated rings. The molecule has 1 atom stereocenters. The van der Waals surface area contributed by atoms with Gasteiger partial charge < -0.3 is 10.2 Å². The Labute approximate surface area is 117 Å². The van der Waals surface area contributed by atoms with Gasteiger partial charge in [-0.3, -0.25) is 0 Å². The molecule has 0 aromatic carbocycles. The van der Waals surface area contributed by atoms with Crippen molar-refractivity contribution < 1.29 is 0 Å². The number of aromatic nitrogens is 2. The zero-order valence-corrected chi connectivity index (χ0v) is 12.5. The lowest BCUT2D eigenvalue weighted by Crippen LogP contribution is -2.46. The van der Waals surface area contributed by atoms with Crippen LogP contribution in [0.25, 0.3) is 0 Å². The molecule has 0 amide bonds. The normalized spacial score (nSPS) is 20.1. The van der Waals surface area contributed by atoms with Crippen molar-refractivity contribution in [2.45, 2.75) is 38.6 Å². The molecular weight excluding hydrogens is 292 g/mol. The zero-order chi connectivity index (χ0) is 12.8. The van der Waals surface area contributed by atoms with Crippen molar-refractivity contribution in [3.8, 4) is 0 Å². The quantitative estimate of drug-likeness (QED) is 0.849. The standard InChI is InChI=1S/C13H21BrN4/c1-2-6-15-10-12-5-3-4-7-18(12)13-16-8-11(14)9-17-13/h8-9,12,15H,2-7,10H2,1H3. The molecule has 18 heavy (non-hydrogen) atoms. The van der Waals surface area contributed by atoms with Crippen LogP contribution in [-0.2, 0) is 0 Å². The summed E-state index contributed by atoms with van der Waals surface area (Å²) in [6.07, 6.45) is 8.62. The predicted molar refractivity (Wildman–Crippen MR) is 77.9 cm³/mol. The van der Waals surface area contributed by atoms with Crippen molar-refractivity contribution in [1.29, 1.82) is 0 Å². The molecule has 100 valence electrons. The molecule has 1 aliphatic rings. The van der Waals surface area contributed by atoms with Crippen LogP contribution >= 0.6 is 15.9 Å². The molecule has 1 aliphatic heterocycles. The van der Waals surface area contributed by atoms with Gasteiger partial charge in [0.2, 0.25) is 5.95 Å². The van der Waals surface area contributed by atoms with Crippen molar-refractivity contribution in [2.75, 3.05) is 24.5 Å². The molecule has 4 nitrogen and oxygen atoms in total. The smallest absolute Gasteiger partial charge is 0.225 e. The van der Waals surface area contributed by atoms with Gasteiger partial charge in [0, 0.05) is 31.5 Å². The summed E-state index contributed by atoms with van der Waals surface area (Å²) in [5.74, 6) is 0.862. The largest absolute Gasteiger partial charge is 0.337 e. The minimum atomic E-state index is 0.534. The maximum absolute atomic E-state index is 4.42. The number of nitrogens with zero attached hydrogens (tertiary/aromatic N) is 3. The highest BCUT2D eigenvalue weighted by Crippen LogP contribution is 2.21. The fourth-order valence-electron chi connectivity index (χ4n) is 2.38. The van der Waals surface area contributed by atoms with Crippen LogP contribution in [0.1, 0.15) is 32.6 Å². The first kappa shape index (κ1) is 13.7. The second-order valence-corrected chi connectivity index (χ2v) is 5.66. The Morgan fingerprint density at radius 3 is 2.89 bits per heavy atom. The molecule has 0 bridgehead atoms. The van der Waals surface area contributed by atoms with E-state index in [0.717, 1.165) is 30.1 Å². The molecule has 0 saturated carbocycles. The summed E-state index contributed by atoms with van der Waals surface area (Å²) in [4.78, 5) is 11.2. The van der Waals surface area contributed by atoms with E-state index >= 15 is 0 Å². The Hall–Kier alpha value is -0.680. The highest BCUT2D eigenvalue weighted by Gasteiger charge is 2.23. The molecule has 5 heteroatoms. The summed E-state index contributed by atoms with van der Waals surface area (Å²) in [5.41, 5.74) is 0. The minimum absolute atomic E-state index is 0.534. The molecule has 2 rings (SSSR count). The van der Waals surface area contributed by atoms with Gasteiger partial charge in [-0.05, 0) is 48.2 Å². The van der Waals surface area contributed by atoms with Crippen LogP contribution in [0.15, 0.2) is 16.9 Å². The van der Waals surface area contributed by atoms with Gasteiger partial charge in [-0.2, -0.15) is 0 Å². The third-order valence-corrected chi connectivity index (χ3v) is 3.71. The lowest BCUT2D eigenvalue weighted by atomic mass is 10.0. The minimum Gasteiger partial charge on any atom is -0.337 e. The number of anilines is 1. The average molecular weight is 313 g/mol. The van der Waals surface area contributed by atoms with Gasteiger partial charge in [-0.25, -0.2) is 9.97 Å². The monoisotopic (exact) mass is 312 g/mol. The van der Waals surface area contributed by atoms with Crippen LogP contribution in [0.2, 0.25) is 0 Å². The molecule has 0 spiro atoms. The second kappa shape index (κ2) is 7.04. The zero-order valence-electron chi connectivity index (χ0n) is 10.9. The number of hydrogen-bond donors (Lipinski definition) is 1. The molecule has 1 aromatic rings. The average Bonchev–Trinajstić information content (AvgIpc) is 2.41. The van der Waals surface area contributed by atoms with Crippen LogP contribution < -0.4 is 10.2 Å². The van der Waals surface area contributed by atoms with Crippen molar-refractivity contribution in [2.24, 2.45) is 0 Å². The third kappa shape index (κ3) is 3.65. The molecule has 2 heterocycles. The van der Waals surface area contributed by atoms with Gasteiger partial charge in [0.15, 0.2) is 0 Å². The molecule has 1 aromatic heterocycles. The number of halogens is 1. The molecule has 0 radical (unpaired) electrons. The van der Waals surface area contributed by atoms with E-state index in [4.69, 9.17) is 0 Å². The van der Waals surface area contributed by atoms with Crippen LogP contribution in [0.4, 0.5) is 5.95 Å². The molecular formula is C13H21BrN4. The molecule has 1 unspecified atom stereocenters. The van der Waals surface area contributed by atoms with E-state index in [0.29, 0.717) is 6.04 Å². The van der Waals surface area contributed by atoms with Gasteiger partial charge in [0.25, 0.3) is 0 Å². The molecule has 1 saturated heterocycles. The maximum atomic E-state index is 4.42. The van der Waals surface area contributed by atoms with Crippen molar-refractivity contribution in [3.63, 3.8) is 0 Å². The van der Waals surface area contributed by atoms with Gasteiger partial charge in [-0.1, -0.05) is 6.92 Å². The Kier molecular flexibility index (Phi) is 5.38. The van der Waals surface area contributed by atoms with Crippen LogP contribution in [-0.4, -0.2) is 35.6 Å². The SMILES string of the molecule is CCCNCC1CCCCN1c1ncc(Br)cn1. The van der Waals surface area contributed by atoms with E-state index in [9.17, 15) is 0 Å². The van der Waals surface area contributed by atoms with Crippen molar-refractivity contribution >= 4 is 21.9 Å². The summed E-state index contributed by atoms with van der Waals surface area (Å²) < 4.78 is 0.934. The summed E-state index contributed by atoms with van der Waals surface area (Å²) in [6.45, 7) is 5.39. The van der Waals surface area contributed by atoms with Crippen molar-refractivity contribution in [3.05, 3.63) is 16.9 Å². The Balaban J connectivity index is 2.00. The van der Waals surface area contributed by atoms with Crippen LogP contribution in [0.3, 0.4) is 0 Å². The van der Waals surface area contributed by atoms with Crippen molar-refractivity contribution in [1.82, 2.24) is 15.3 Å². The number of nitrogens with one attached hydrogen (secondary N) is 1. The van der Waals surface area contributed by atoms with E-state index in [1.807, 2.05) is 12.4 Å². The summed E-state index contributed by atoms with van der Waals surface area (Å²) in [5, 5.41) is 3.51. The third-order valence-electron chi connectivity index (χ3n) is 3.30. The van der Waals surface area contributed by atoms with Gasteiger partial charge >= 0.3 is 0 Å². The van der Waals surface area contributed by atoms with Gasteiger partial charge in [-0.15, -0.1) is 0 Å². The molecule has 1 N–H and O–H groups in total. The molecule has 0 aliphatic carbocycles. The fourth-order valence-corrected chi connectivity index (χ4v) is 2.58. The van der Waals surface area contributed by atoms with E-state index in [1.54, 1.807) is 0 Å². The fraction of sp³-hybridized carbons (Fsp3) is 0.692. The first-order chi connectivity index (χ1) is 8.81. The van der Waals surface area contributed by atoms with E-state index in [1.165, 1.54) is 25.7 Å². The predicted octanol–water partition coefficient (Wildman–Crippen LogP) is 2.60. The van der Waals surface area contributed by atoms with Gasteiger partial charge in [0.1, 0.15) is 0 Å². The van der Waals surface area contributed by atoms with E-state index in [2.05, 4.69) is 43.0 Å². The maximum Gasteiger partial charge on any atom is 0.225 e. The van der Waals surface area contributed by atoms with E-state index < -0.39 is 0 Å². The first-order valence-electron chi connectivity index (χ1n) is 6.76. The Morgan fingerprint density at radius 2 is 2.17 bits per heavy atom. The van der Waals surface area contributed by atoms with Gasteiger partial charge in [0.05, 0.1) is 4.47 Å². The lowest BCUT2D eigenvalue weighted by molar-refractivity contribution is 0.430. The summed E-state index contributed by atoms with van der Waals surface area (Å²) >= 11 is 3.38. The summed E-state index contributed by atoms with van der Waals surface area (Å²) in [6, 6.07) is 0.534. The second-order valence-electron chi connectivity index (χ2n) is 4.75. The summed E-state index contributed by atoms with van der Waals surface area (Å²) in [7, 11) is 0. The lowest BCUT2D eigenvalue weighted by Gasteiger charge is -2.35. The number of rotatable bonds is 5.